The first-order valence-electron chi connectivity index (χ1n) is 5.29. The minimum atomic E-state index is -0.125. The van der Waals surface area contributed by atoms with Crippen molar-refractivity contribution in [1.29, 1.82) is 0 Å². The number of hydrogen-bond donors (Lipinski definition) is 1. The second-order valence-electron chi connectivity index (χ2n) is 5.42. The van der Waals surface area contributed by atoms with Crippen molar-refractivity contribution in [3.63, 3.8) is 0 Å². The fraction of sp³-hybridized carbons (Fsp3) is 0.909. The van der Waals surface area contributed by atoms with Gasteiger partial charge in [0, 0.05) is 12.8 Å². The van der Waals surface area contributed by atoms with Gasteiger partial charge in [-0.3, -0.25) is 4.79 Å². The van der Waals surface area contributed by atoms with Crippen LogP contribution in [-0.4, -0.2) is 18.6 Å². The Morgan fingerprint density at radius 1 is 1.29 bits per heavy atom. The Morgan fingerprint density at radius 3 is 2.21 bits per heavy atom. The van der Waals surface area contributed by atoms with Gasteiger partial charge >= 0.3 is 5.97 Å². The first-order chi connectivity index (χ1) is 6.37. The molecule has 0 radical (unpaired) electrons. The van der Waals surface area contributed by atoms with E-state index >= 15 is 0 Å². The highest BCUT2D eigenvalue weighted by atomic mass is 16.5. The quantitative estimate of drug-likeness (QED) is 0.679. The van der Waals surface area contributed by atoms with Crippen molar-refractivity contribution in [3.05, 3.63) is 0 Å². The molecule has 1 aliphatic carbocycles. The number of quaternary nitrogens is 1. The third-order valence-electron chi connectivity index (χ3n) is 3.41. The van der Waals surface area contributed by atoms with Crippen LogP contribution in [0.3, 0.4) is 0 Å². The van der Waals surface area contributed by atoms with E-state index in [4.69, 9.17) is 4.74 Å². The Bertz CT molecular complexity index is 213. The molecule has 0 aromatic rings. The molecule has 0 spiro atoms. The molecule has 0 atom stereocenters. The van der Waals surface area contributed by atoms with Crippen molar-refractivity contribution in [3.8, 4) is 0 Å². The summed E-state index contributed by atoms with van der Waals surface area (Å²) in [5, 5.41) is 0. The molecule has 0 aromatic carbocycles. The summed E-state index contributed by atoms with van der Waals surface area (Å²) in [6.07, 6.45) is 4.87. The number of methoxy groups -OCH3 is 1. The van der Waals surface area contributed by atoms with Crippen LogP contribution in [0, 0.1) is 5.41 Å². The Balaban J connectivity index is 2.49. The molecule has 3 N–H and O–H groups in total. The van der Waals surface area contributed by atoms with E-state index in [1.165, 1.54) is 7.11 Å². The number of esters is 1. The van der Waals surface area contributed by atoms with Crippen molar-refractivity contribution >= 4 is 5.97 Å². The van der Waals surface area contributed by atoms with Gasteiger partial charge in [-0.1, -0.05) is 13.8 Å². The van der Waals surface area contributed by atoms with E-state index in [0.29, 0.717) is 11.8 Å². The highest BCUT2D eigenvalue weighted by molar-refractivity contribution is 5.70. The van der Waals surface area contributed by atoms with Gasteiger partial charge < -0.3 is 10.5 Å². The zero-order valence-electron chi connectivity index (χ0n) is 9.56. The molecule has 0 saturated heterocycles. The highest BCUT2D eigenvalue weighted by Crippen LogP contribution is 2.39. The highest BCUT2D eigenvalue weighted by Gasteiger charge is 2.40. The molecule has 0 bridgehead atoms. The number of carbonyl (C=O) groups is 1. The third kappa shape index (κ3) is 2.98. The molecular weight excluding hydrogens is 178 g/mol. The van der Waals surface area contributed by atoms with E-state index in [2.05, 4.69) is 19.6 Å². The molecule has 1 rings (SSSR count). The van der Waals surface area contributed by atoms with Crippen LogP contribution in [0.1, 0.15) is 46.0 Å². The molecule has 1 fully saturated rings. The van der Waals surface area contributed by atoms with Crippen molar-refractivity contribution in [2.24, 2.45) is 5.41 Å². The minimum absolute atomic E-state index is 0.0669. The summed E-state index contributed by atoms with van der Waals surface area (Å²) in [5.74, 6) is -0.125. The molecule has 1 saturated carbocycles. The lowest BCUT2D eigenvalue weighted by molar-refractivity contribution is -0.486. The molecule has 0 unspecified atom stereocenters. The maximum Gasteiger partial charge on any atom is 0.311 e. The van der Waals surface area contributed by atoms with Crippen LogP contribution in [0.15, 0.2) is 0 Å². The average molecular weight is 200 g/mol. The maximum atomic E-state index is 11.2. The topological polar surface area (TPSA) is 53.9 Å². The van der Waals surface area contributed by atoms with Crippen molar-refractivity contribution < 1.29 is 15.3 Å². The summed E-state index contributed by atoms with van der Waals surface area (Å²) in [5.41, 5.74) is 4.54. The molecule has 82 valence electrons. The molecule has 3 heteroatoms. The average Bonchev–Trinajstić information content (AvgIpc) is 2.11. The molecule has 0 aromatic heterocycles. The molecule has 14 heavy (non-hydrogen) atoms. The van der Waals surface area contributed by atoms with Crippen LogP contribution < -0.4 is 5.73 Å². The van der Waals surface area contributed by atoms with Gasteiger partial charge in [0.15, 0.2) is 0 Å². The SMILES string of the molecule is COC(=O)CC1([NH3+])CCC(C)(C)CC1. The maximum absolute atomic E-state index is 11.2. The van der Waals surface area contributed by atoms with Crippen molar-refractivity contribution in [2.75, 3.05) is 7.11 Å². The van der Waals surface area contributed by atoms with E-state index in [1.807, 2.05) is 0 Å². The largest absolute Gasteiger partial charge is 0.469 e. The zero-order valence-corrected chi connectivity index (χ0v) is 9.56. The number of hydrogen-bond acceptors (Lipinski definition) is 2. The third-order valence-corrected chi connectivity index (χ3v) is 3.41. The van der Waals surface area contributed by atoms with Crippen molar-refractivity contribution in [1.82, 2.24) is 0 Å². The van der Waals surface area contributed by atoms with Gasteiger partial charge in [-0.15, -0.1) is 0 Å². The monoisotopic (exact) mass is 200 g/mol. The fourth-order valence-electron chi connectivity index (χ4n) is 2.01. The summed E-state index contributed by atoms with van der Waals surface area (Å²) in [6.45, 7) is 4.56. The van der Waals surface area contributed by atoms with Crippen LogP contribution in [-0.2, 0) is 9.53 Å². The van der Waals surface area contributed by atoms with E-state index in [1.54, 1.807) is 0 Å². The number of rotatable bonds is 2. The Hall–Kier alpha value is -0.570. The van der Waals surface area contributed by atoms with E-state index in [9.17, 15) is 4.79 Å². The van der Waals surface area contributed by atoms with Gasteiger partial charge in [0.05, 0.1) is 7.11 Å². The normalized spacial score (nSPS) is 24.3. The van der Waals surface area contributed by atoms with Crippen LogP contribution in [0.4, 0.5) is 0 Å². The first kappa shape index (κ1) is 11.5. The number of ether oxygens (including phenoxy) is 1. The molecule has 0 amide bonds. The van der Waals surface area contributed by atoms with Crippen LogP contribution in [0.5, 0.6) is 0 Å². The molecule has 1 aliphatic rings. The van der Waals surface area contributed by atoms with Crippen LogP contribution in [0.2, 0.25) is 0 Å². The van der Waals surface area contributed by atoms with Crippen LogP contribution >= 0.6 is 0 Å². The molecule has 3 nitrogen and oxygen atoms in total. The predicted octanol–water partition coefficient (Wildman–Crippen LogP) is 1.13. The van der Waals surface area contributed by atoms with Gasteiger partial charge in [0.2, 0.25) is 0 Å². The van der Waals surface area contributed by atoms with Gasteiger partial charge in [-0.25, -0.2) is 0 Å². The fourth-order valence-corrected chi connectivity index (χ4v) is 2.01. The van der Waals surface area contributed by atoms with E-state index in [-0.39, 0.29) is 11.5 Å². The van der Waals surface area contributed by atoms with E-state index in [0.717, 1.165) is 25.7 Å². The standard InChI is InChI=1S/C11H21NO2/c1-10(2)4-6-11(12,7-5-10)8-9(13)14-3/h4-8,12H2,1-3H3/p+1. The second-order valence-corrected chi connectivity index (χ2v) is 5.42. The molecule has 0 aliphatic heterocycles. The number of carbonyl (C=O) groups excluding carboxylic acids is 1. The summed E-state index contributed by atoms with van der Waals surface area (Å²) in [6, 6.07) is 0. The second kappa shape index (κ2) is 3.89. The van der Waals surface area contributed by atoms with Crippen molar-refractivity contribution in [2.45, 2.75) is 51.5 Å². The van der Waals surface area contributed by atoms with Gasteiger partial charge in [-0.2, -0.15) is 0 Å². The smallest absolute Gasteiger partial charge is 0.311 e. The van der Waals surface area contributed by atoms with Gasteiger partial charge in [0.1, 0.15) is 12.0 Å². The molecule has 0 heterocycles. The lowest BCUT2D eigenvalue weighted by atomic mass is 9.69. The van der Waals surface area contributed by atoms with Gasteiger partial charge in [0.25, 0.3) is 0 Å². The predicted molar refractivity (Wildman–Crippen MR) is 54.5 cm³/mol. The first-order valence-corrected chi connectivity index (χ1v) is 5.29. The Labute approximate surface area is 86.0 Å². The van der Waals surface area contributed by atoms with Crippen LogP contribution in [0.25, 0.3) is 0 Å². The van der Waals surface area contributed by atoms with E-state index < -0.39 is 0 Å². The Morgan fingerprint density at radius 2 is 1.79 bits per heavy atom. The molecular formula is C11H22NO2+. The minimum Gasteiger partial charge on any atom is -0.469 e. The summed E-state index contributed by atoms with van der Waals surface area (Å²) >= 11 is 0. The Kier molecular flexibility index (Phi) is 3.20. The summed E-state index contributed by atoms with van der Waals surface area (Å²) < 4.78 is 4.69. The van der Waals surface area contributed by atoms with Gasteiger partial charge in [-0.05, 0) is 18.3 Å². The lowest BCUT2D eigenvalue weighted by Crippen LogP contribution is -2.74. The zero-order chi connectivity index (χ0) is 10.8. The summed E-state index contributed by atoms with van der Waals surface area (Å²) in [7, 11) is 1.44. The lowest BCUT2D eigenvalue weighted by Gasteiger charge is -2.38. The summed E-state index contributed by atoms with van der Waals surface area (Å²) in [4.78, 5) is 11.2.